The molecule has 0 aliphatic rings. The summed E-state index contributed by atoms with van der Waals surface area (Å²) in [6.07, 6.45) is 1.47. The number of rotatable bonds is 5. The summed E-state index contributed by atoms with van der Waals surface area (Å²) in [5.41, 5.74) is 0. The highest BCUT2D eigenvalue weighted by atomic mass is 16.6. The van der Waals surface area contributed by atoms with Crippen molar-refractivity contribution in [3.63, 3.8) is 0 Å². The van der Waals surface area contributed by atoms with Gasteiger partial charge in [-0.1, -0.05) is 0 Å². The van der Waals surface area contributed by atoms with E-state index < -0.39 is 12.8 Å². The fourth-order valence-corrected chi connectivity index (χ4v) is 0.525. The van der Waals surface area contributed by atoms with Gasteiger partial charge >= 0.3 is 5.97 Å². The predicted octanol–water partition coefficient (Wildman–Crippen LogP) is -0.358. The van der Waals surface area contributed by atoms with Crippen LogP contribution in [0.25, 0.3) is 0 Å². The number of aliphatic hydroxyl groups excluding tert-OH is 2. The Kier molecular flexibility index (Phi) is 6.11. The van der Waals surface area contributed by atoms with E-state index in [1.54, 1.807) is 0 Å². The quantitative estimate of drug-likeness (QED) is 0.317. The summed E-state index contributed by atoms with van der Waals surface area (Å²) >= 11 is 0. The smallest absolute Gasteiger partial charge is 0.307 e. The molecule has 0 fully saturated rings. The Balaban J connectivity index is 3.05. The summed E-state index contributed by atoms with van der Waals surface area (Å²) in [5.74, 6) is -0.420. The van der Waals surface area contributed by atoms with Gasteiger partial charge in [-0.3, -0.25) is 4.79 Å². The summed E-state index contributed by atoms with van der Waals surface area (Å²) in [4.78, 5) is 10.5. The van der Waals surface area contributed by atoms with E-state index in [2.05, 4.69) is 4.74 Å². The van der Waals surface area contributed by atoms with Crippen molar-refractivity contribution in [2.75, 3.05) is 13.4 Å². The molecule has 0 atom stereocenters. The van der Waals surface area contributed by atoms with Crippen molar-refractivity contribution in [2.24, 2.45) is 0 Å². The van der Waals surface area contributed by atoms with Crippen LogP contribution in [0.3, 0.4) is 0 Å². The van der Waals surface area contributed by atoms with E-state index in [-0.39, 0.29) is 13.0 Å². The summed E-state index contributed by atoms with van der Waals surface area (Å²) in [7, 11) is 0. The topological polar surface area (TPSA) is 66.8 Å². The van der Waals surface area contributed by atoms with E-state index >= 15 is 0 Å². The van der Waals surface area contributed by atoms with Crippen LogP contribution in [-0.4, -0.2) is 29.6 Å². The number of unbranched alkanes of at least 4 members (excludes halogenated alkanes) is 1. The Morgan fingerprint density at radius 1 is 1.30 bits per heavy atom. The molecule has 0 unspecified atom stereocenters. The molecular weight excluding hydrogens is 136 g/mol. The maximum atomic E-state index is 10.5. The minimum atomic E-state index is -0.558. The van der Waals surface area contributed by atoms with Crippen molar-refractivity contribution in [1.29, 1.82) is 0 Å². The first-order valence-corrected chi connectivity index (χ1v) is 3.18. The summed E-state index contributed by atoms with van der Waals surface area (Å²) in [5, 5.41) is 16.4. The third-order valence-electron chi connectivity index (χ3n) is 1.01. The average molecular weight is 148 g/mol. The molecule has 0 aliphatic carbocycles. The molecule has 0 saturated carbocycles. The van der Waals surface area contributed by atoms with Gasteiger partial charge in [0.1, 0.15) is 0 Å². The van der Waals surface area contributed by atoms with Crippen molar-refractivity contribution in [1.82, 2.24) is 0 Å². The molecule has 0 rings (SSSR count). The zero-order valence-corrected chi connectivity index (χ0v) is 5.75. The van der Waals surface area contributed by atoms with Crippen LogP contribution in [-0.2, 0) is 9.53 Å². The number of carbonyl (C=O) groups is 1. The predicted molar refractivity (Wildman–Crippen MR) is 34.1 cm³/mol. The molecule has 4 nitrogen and oxygen atoms in total. The standard InChI is InChI=1S/C6H12O4/c7-4-2-1-3-6(9)10-5-8/h7-8H,1-5H2. The molecule has 0 heterocycles. The minimum Gasteiger partial charge on any atom is -0.439 e. The van der Waals surface area contributed by atoms with Gasteiger partial charge in [0.15, 0.2) is 6.79 Å². The number of hydrogen-bond donors (Lipinski definition) is 2. The molecule has 0 aromatic heterocycles. The van der Waals surface area contributed by atoms with E-state index in [4.69, 9.17) is 10.2 Å². The van der Waals surface area contributed by atoms with Crippen LogP contribution >= 0.6 is 0 Å². The molecule has 0 aromatic rings. The Bertz CT molecular complexity index is 91.7. The second-order valence-corrected chi connectivity index (χ2v) is 1.83. The molecule has 2 N–H and O–H groups in total. The lowest BCUT2D eigenvalue weighted by molar-refractivity contribution is -0.151. The van der Waals surface area contributed by atoms with Gasteiger partial charge in [0.05, 0.1) is 0 Å². The molecule has 0 amide bonds. The number of aliphatic hydroxyl groups is 2. The van der Waals surface area contributed by atoms with Crippen LogP contribution in [0, 0.1) is 0 Å². The number of hydrogen-bond acceptors (Lipinski definition) is 4. The average Bonchev–Trinajstić information content (AvgIpc) is 1.89. The fraction of sp³-hybridized carbons (Fsp3) is 0.833. The normalized spacial score (nSPS) is 9.40. The zero-order valence-electron chi connectivity index (χ0n) is 5.75. The monoisotopic (exact) mass is 148 g/mol. The van der Waals surface area contributed by atoms with Crippen molar-refractivity contribution < 1.29 is 19.7 Å². The maximum Gasteiger partial charge on any atom is 0.307 e. The van der Waals surface area contributed by atoms with Crippen LogP contribution in [0.4, 0.5) is 0 Å². The highest BCUT2D eigenvalue weighted by molar-refractivity contribution is 5.69. The lowest BCUT2D eigenvalue weighted by Gasteiger charge is -1.98. The summed E-state index contributed by atoms with van der Waals surface area (Å²) < 4.78 is 4.22. The molecule has 0 radical (unpaired) electrons. The fourth-order valence-electron chi connectivity index (χ4n) is 0.525. The van der Waals surface area contributed by atoms with E-state index in [1.165, 1.54) is 0 Å². The van der Waals surface area contributed by atoms with Gasteiger partial charge in [-0.15, -0.1) is 0 Å². The van der Waals surface area contributed by atoms with Gasteiger partial charge in [0, 0.05) is 13.0 Å². The van der Waals surface area contributed by atoms with E-state index in [9.17, 15) is 4.79 Å². The maximum absolute atomic E-state index is 10.5. The van der Waals surface area contributed by atoms with Crippen molar-refractivity contribution in [2.45, 2.75) is 19.3 Å². The van der Waals surface area contributed by atoms with Gasteiger partial charge < -0.3 is 14.9 Å². The molecule has 4 heteroatoms. The Hall–Kier alpha value is -0.610. The Morgan fingerprint density at radius 3 is 2.50 bits per heavy atom. The third kappa shape index (κ3) is 5.53. The van der Waals surface area contributed by atoms with E-state index in [0.717, 1.165) is 0 Å². The molecule has 0 bridgehead atoms. The lowest BCUT2D eigenvalue weighted by atomic mass is 10.2. The van der Waals surface area contributed by atoms with Crippen LogP contribution in [0.2, 0.25) is 0 Å². The lowest BCUT2D eigenvalue weighted by Crippen LogP contribution is -2.04. The minimum absolute atomic E-state index is 0.0897. The number of ether oxygens (including phenoxy) is 1. The molecule has 0 aliphatic heterocycles. The van der Waals surface area contributed by atoms with Crippen LogP contribution in [0.15, 0.2) is 0 Å². The number of esters is 1. The Morgan fingerprint density at radius 2 is 2.00 bits per heavy atom. The van der Waals surface area contributed by atoms with E-state index in [0.29, 0.717) is 12.8 Å². The molecule has 0 saturated heterocycles. The number of carbonyl (C=O) groups excluding carboxylic acids is 1. The second kappa shape index (κ2) is 6.51. The summed E-state index contributed by atoms with van der Waals surface area (Å²) in [6, 6.07) is 0. The van der Waals surface area contributed by atoms with Crippen molar-refractivity contribution >= 4 is 5.97 Å². The first kappa shape index (κ1) is 9.39. The molecule has 0 aromatic carbocycles. The second-order valence-electron chi connectivity index (χ2n) is 1.83. The molecular formula is C6H12O4. The van der Waals surface area contributed by atoms with Gasteiger partial charge in [0.25, 0.3) is 0 Å². The Labute approximate surface area is 59.4 Å². The highest BCUT2D eigenvalue weighted by Crippen LogP contribution is 1.95. The van der Waals surface area contributed by atoms with Crippen LogP contribution < -0.4 is 0 Å². The van der Waals surface area contributed by atoms with Gasteiger partial charge in [-0.25, -0.2) is 0 Å². The van der Waals surface area contributed by atoms with E-state index in [1.807, 2.05) is 0 Å². The van der Waals surface area contributed by atoms with Gasteiger partial charge in [0.2, 0.25) is 0 Å². The van der Waals surface area contributed by atoms with Gasteiger partial charge in [-0.05, 0) is 12.8 Å². The van der Waals surface area contributed by atoms with Crippen LogP contribution in [0.5, 0.6) is 0 Å². The highest BCUT2D eigenvalue weighted by Gasteiger charge is 1.99. The van der Waals surface area contributed by atoms with Crippen LogP contribution in [0.1, 0.15) is 19.3 Å². The molecule has 0 spiro atoms. The zero-order chi connectivity index (χ0) is 7.82. The van der Waals surface area contributed by atoms with Gasteiger partial charge in [-0.2, -0.15) is 0 Å². The first-order valence-electron chi connectivity index (χ1n) is 3.18. The molecule has 10 heavy (non-hydrogen) atoms. The third-order valence-corrected chi connectivity index (χ3v) is 1.01. The molecule has 60 valence electrons. The summed E-state index contributed by atoms with van der Waals surface area (Å²) in [6.45, 7) is -0.468. The van der Waals surface area contributed by atoms with Crippen molar-refractivity contribution in [3.05, 3.63) is 0 Å². The SMILES string of the molecule is O=C(CCCCO)OCO. The largest absolute Gasteiger partial charge is 0.439 e. The first-order chi connectivity index (χ1) is 4.81. The van der Waals surface area contributed by atoms with Crippen molar-refractivity contribution in [3.8, 4) is 0 Å².